The third-order valence-electron chi connectivity index (χ3n) is 2.32. The minimum atomic E-state index is -4.49. The number of nitrogens with zero attached hydrogens (tertiary/aromatic N) is 1. The molecule has 0 saturated heterocycles. The lowest BCUT2D eigenvalue weighted by molar-refractivity contribution is -0.0328. The molecule has 0 aliphatic heterocycles. The van der Waals surface area contributed by atoms with Gasteiger partial charge in [0.25, 0.3) is 0 Å². The van der Waals surface area contributed by atoms with Crippen molar-refractivity contribution < 1.29 is 22.7 Å². The fourth-order valence-corrected chi connectivity index (χ4v) is 2.33. The first-order valence-electron chi connectivity index (χ1n) is 5.80. The lowest BCUT2D eigenvalue weighted by atomic mass is 10.0. The van der Waals surface area contributed by atoms with Gasteiger partial charge in [-0.05, 0) is 36.7 Å². The maximum Gasteiger partial charge on any atom is 0.446 e. The Balaban J connectivity index is 3.21. The normalized spacial score (nSPS) is 10.9. The van der Waals surface area contributed by atoms with Gasteiger partial charge in [0.15, 0.2) is 0 Å². The molecule has 0 aliphatic carbocycles. The second-order valence-corrected chi connectivity index (χ2v) is 4.82. The minimum absolute atomic E-state index is 0.0710. The Bertz CT molecular complexity index is 523. The number of rotatable bonds is 5. The fraction of sp³-hybridized carbons (Fsp3) is 0.385. The van der Waals surface area contributed by atoms with Crippen LogP contribution in [0.5, 0.6) is 0 Å². The van der Waals surface area contributed by atoms with Gasteiger partial charge in [-0.2, -0.15) is 18.4 Å². The summed E-state index contributed by atoms with van der Waals surface area (Å²) in [5.41, 5.74) is -4.21. The predicted molar refractivity (Wildman–Crippen MR) is 68.2 cm³/mol. The maximum absolute atomic E-state index is 12.5. The number of alkyl halides is 3. The number of nitriles is 1. The molecule has 0 radical (unpaired) electrons. The van der Waals surface area contributed by atoms with Crippen LogP contribution in [-0.2, 0) is 11.2 Å². The first-order valence-corrected chi connectivity index (χ1v) is 6.62. The topological polar surface area (TPSA) is 50.1 Å². The van der Waals surface area contributed by atoms with Gasteiger partial charge in [-0.15, -0.1) is 0 Å². The molecular formula is C13H12F3NO2S. The molecule has 0 atom stereocenters. The monoisotopic (exact) mass is 303 g/mol. The number of thioether (sulfide) groups is 1. The van der Waals surface area contributed by atoms with Gasteiger partial charge in [0, 0.05) is 11.3 Å². The van der Waals surface area contributed by atoms with Crippen LogP contribution >= 0.6 is 11.8 Å². The molecule has 0 fully saturated rings. The molecule has 0 aromatic heterocycles. The second-order valence-electron chi connectivity index (χ2n) is 3.72. The summed E-state index contributed by atoms with van der Waals surface area (Å²) in [6.07, 6.45) is 0.323. The molecule has 1 aromatic rings. The summed E-state index contributed by atoms with van der Waals surface area (Å²) in [4.78, 5) is 11.6. The largest absolute Gasteiger partial charge is 0.462 e. The van der Waals surface area contributed by atoms with E-state index in [1.54, 1.807) is 6.92 Å². The molecule has 0 amide bonds. The van der Waals surface area contributed by atoms with Crippen molar-refractivity contribution in [2.45, 2.75) is 30.2 Å². The van der Waals surface area contributed by atoms with E-state index in [1.807, 2.05) is 6.07 Å². The number of benzene rings is 1. The molecule has 0 unspecified atom stereocenters. The first-order chi connectivity index (χ1) is 9.39. The Morgan fingerprint density at radius 2 is 2.15 bits per heavy atom. The number of aryl methyl sites for hydroxylation is 1. The Labute approximate surface area is 118 Å². The molecule has 0 spiro atoms. The third-order valence-corrected chi connectivity index (χ3v) is 3.12. The molecule has 0 N–H and O–H groups in total. The van der Waals surface area contributed by atoms with Crippen LogP contribution < -0.4 is 0 Å². The van der Waals surface area contributed by atoms with Gasteiger partial charge in [-0.3, -0.25) is 0 Å². The molecule has 0 heterocycles. The van der Waals surface area contributed by atoms with Gasteiger partial charge in [-0.25, -0.2) is 4.79 Å². The molecule has 0 saturated carbocycles. The van der Waals surface area contributed by atoms with Crippen LogP contribution in [0.25, 0.3) is 0 Å². The molecule has 7 heteroatoms. The van der Waals surface area contributed by atoms with Crippen LogP contribution in [0.2, 0.25) is 0 Å². The summed E-state index contributed by atoms with van der Waals surface area (Å²) in [7, 11) is 0. The number of hydrogen-bond donors (Lipinski definition) is 0. The van der Waals surface area contributed by atoms with Crippen molar-refractivity contribution in [1.29, 1.82) is 5.26 Å². The molecule has 1 aromatic carbocycles. The van der Waals surface area contributed by atoms with E-state index in [4.69, 9.17) is 10.00 Å². The lowest BCUT2D eigenvalue weighted by Gasteiger charge is -2.14. The van der Waals surface area contributed by atoms with Crippen molar-refractivity contribution in [3.8, 4) is 6.07 Å². The molecular weight excluding hydrogens is 291 g/mol. The molecule has 1 rings (SSSR count). The maximum atomic E-state index is 12.5. The van der Waals surface area contributed by atoms with Gasteiger partial charge in [0.1, 0.15) is 0 Å². The van der Waals surface area contributed by atoms with E-state index in [-0.39, 0.29) is 41.7 Å². The number of hydrogen-bond acceptors (Lipinski definition) is 4. The van der Waals surface area contributed by atoms with E-state index in [0.29, 0.717) is 5.56 Å². The SMILES string of the molecule is CCOC(=O)c1c(CCC#N)cccc1SC(F)(F)F. The van der Waals surface area contributed by atoms with Crippen LogP contribution in [-0.4, -0.2) is 18.1 Å². The first kappa shape index (κ1) is 16.4. The van der Waals surface area contributed by atoms with Crippen LogP contribution in [0.3, 0.4) is 0 Å². The van der Waals surface area contributed by atoms with E-state index in [0.717, 1.165) is 0 Å². The molecule has 20 heavy (non-hydrogen) atoms. The smallest absolute Gasteiger partial charge is 0.446 e. The molecule has 108 valence electrons. The summed E-state index contributed by atoms with van der Waals surface area (Å²) < 4.78 is 42.3. The molecule has 0 bridgehead atoms. The van der Waals surface area contributed by atoms with E-state index in [9.17, 15) is 18.0 Å². The highest BCUT2D eigenvalue weighted by Gasteiger charge is 2.32. The number of carbonyl (C=O) groups is 1. The average molecular weight is 303 g/mol. The Morgan fingerprint density at radius 1 is 1.45 bits per heavy atom. The zero-order chi connectivity index (χ0) is 15.2. The van der Waals surface area contributed by atoms with Crippen molar-refractivity contribution in [2.24, 2.45) is 0 Å². The summed E-state index contributed by atoms with van der Waals surface area (Å²) in [5, 5.41) is 8.56. The highest BCUT2D eigenvalue weighted by atomic mass is 32.2. The summed E-state index contributed by atoms with van der Waals surface area (Å²) in [5.74, 6) is -0.798. The fourth-order valence-electron chi connectivity index (χ4n) is 1.62. The predicted octanol–water partition coefficient (Wildman–Crippen LogP) is 3.93. The average Bonchev–Trinajstić information content (AvgIpc) is 2.34. The highest BCUT2D eigenvalue weighted by molar-refractivity contribution is 8.00. The van der Waals surface area contributed by atoms with Crippen LogP contribution in [0.15, 0.2) is 23.1 Å². The van der Waals surface area contributed by atoms with Crippen molar-refractivity contribution in [2.75, 3.05) is 6.61 Å². The van der Waals surface area contributed by atoms with Crippen LogP contribution in [0.4, 0.5) is 13.2 Å². The Hall–Kier alpha value is -1.68. The summed E-state index contributed by atoms with van der Waals surface area (Å²) in [6.45, 7) is 1.65. The number of esters is 1. The second kappa shape index (κ2) is 7.20. The van der Waals surface area contributed by atoms with E-state index in [2.05, 4.69) is 0 Å². The summed E-state index contributed by atoms with van der Waals surface area (Å²) >= 11 is -0.355. The van der Waals surface area contributed by atoms with Gasteiger partial charge in [0.2, 0.25) is 0 Å². The Kier molecular flexibility index (Phi) is 5.89. The Morgan fingerprint density at radius 3 is 2.70 bits per heavy atom. The van der Waals surface area contributed by atoms with E-state index < -0.39 is 11.5 Å². The molecule has 0 aliphatic rings. The van der Waals surface area contributed by atoms with Crippen molar-refractivity contribution >= 4 is 17.7 Å². The van der Waals surface area contributed by atoms with Gasteiger partial charge in [0.05, 0.1) is 18.2 Å². The van der Waals surface area contributed by atoms with Gasteiger partial charge >= 0.3 is 11.5 Å². The molecule has 3 nitrogen and oxygen atoms in total. The van der Waals surface area contributed by atoms with Gasteiger partial charge in [-0.1, -0.05) is 12.1 Å². The number of halogens is 3. The van der Waals surface area contributed by atoms with E-state index >= 15 is 0 Å². The van der Waals surface area contributed by atoms with Crippen molar-refractivity contribution in [3.63, 3.8) is 0 Å². The highest BCUT2D eigenvalue weighted by Crippen LogP contribution is 2.39. The minimum Gasteiger partial charge on any atom is -0.462 e. The van der Waals surface area contributed by atoms with Crippen molar-refractivity contribution in [3.05, 3.63) is 29.3 Å². The van der Waals surface area contributed by atoms with E-state index in [1.165, 1.54) is 18.2 Å². The van der Waals surface area contributed by atoms with Crippen LogP contribution in [0, 0.1) is 11.3 Å². The lowest BCUT2D eigenvalue weighted by Crippen LogP contribution is -2.12. The van der Waals surface area contributed by atoms with Gasteiger partial charge < -0.3 is 4.74 Å². The number of carbonyl (C=O) groups excluding carboxylic acids is 1. The van der Waals surface area contributed by atoms with Crippen molar-refractivity contribution in [1.82, 2.24) is 0 Å². The zero-order valence-electron chi connectivity index (χ0n) is 10.7. The van der Waals surface area contributed by atoms with Crippen LogP contribution in [0.1, 0.15) is 29.3 Å². The quantitative estimate of drug-likeness (QED) is 0.611. The number of ether oxygens (including phenoxy) is 1. The standard InChI is InChI=1S/C13H12F3NO2S/c1-2-19-12(18)11-9(6-4-8-17)5-3-7-10(11)20-13(14,15)16/h3,5,7H,2,4,6H2,1H3. The third kappa shape index (κ3) is 4.78. The zero-order valence-corrected chi connectivity index (χ0v) is 11.5. The summed E-state index contributed by atoms with van der Waals surface area (Å²) in [6, 6.07) is 6.09.